The van der Waals surface area contributed by atoms with Crippen LogP contribution in [0.5, 0.6) is 0 Å². The molecule has 0 saturated heterocycles. The first kappa shape index (κ1) is 13.1. The van der Waals surface area contributed by atoms with Crippen LogP contribution in [0.15, 0.2) is 36.5 Å². The van der Waals surface area contributed by atoms with Gasteiger partial charge in [0.25, 0.3) is 0 Å². The largest absolute Gasteiger partial charge is 0.476 e. The van der Waals surface area contributed by atoms with Crippen LogP contribution in [0.1, 0.15) is 10.5 Å². The molecule has 7 heteroatoms. The number of carboxylic acid groups (broad SMARTS) is 1. The van der Waals surface area contributed by atoms with Crippen LogP contribution < -0.4 is 0 Å². The lowest BCUT2D eigenvalue weighted by atomic mass is 10.1. The minimum absolute atomic E-state index is 0.164. The highest BCUT2D eigenvalue weighted by Crippen LogP contribution is 2.25. The summed E-state index contributed by atoms with van der Waals surface area (Å²) in [4.78, 5) is 11.0. The average Bonchev–Trinajstić information content (AvgIpc) is 2.72. The summed E-state index contributed by atoms with van der Waals surface area (Å²) in [5, 5.41) is 12.5. The third-order valence-electron chi connectivity index (χ3n) is 2.39. The molecule has 0 aliphatic carbocycles. The average molecular weight is 270 g/mol. The Morgan fingerprint density at radius 2 is 1.89 bits per heavy atom. The molecule has 0 spiro atoms. The highest BCUT2D eigenvalue weighted by molar-refractivity contribution is 5.93. The predicted molar refractivity (Wildman–Crippen MR) is 60.7 cm³/mol. The highest BCUT2D eigenvalue weighted by atomic mass is 19.4. The molecule has 2 rings (SSSR count). The van der Waals surface area contributed by atoms with Crippen LogP contribution in [0.3, 0.4) is 0 Å². The van der Waals surface area contributed by atoms with Crippen LogP contribution in [0.2, 0.25) is 0 Å². The molecule has 0 bridgehead atoms. The maximum atomic E-state index is 12.3. The zero-order valence-electron chi connectivity index (χ0n) is 9.55. The molecule has 0 unspecified atom stereocenters. The molecule has 1 N–H and O–H groups in total. The fourth-order valence-electron chi connectivity index (χ4n) is 1.67. The van der Waals surface area contributed by atoms with E-state index in [1.807, 2.05) is 0 Å². The summed E-state index contributed by atoms with van der Waals surface area (Å²) in [6, 6.07) is 8.29. The SMILES string of the molecule is O=C(O)c1nn(CC(F)(F)F)cc1-c1ccccc1. The fourth-order valence-corrected chi connectivity index (χ4v) is 1.67. The van der Waals surface area contributed by atoms with Gasteiger partial charge in [-0.3, -0.25) is 4.68 Å². The molecule has 1 aromatic heterocycles. The Morgan fingerprint density at radius 3 is 2.42 bits per heavy atom. The van der Waals surface area contributed by atoms with Crippen molar-refractivity contribution in [3.63, 3.8) is 0 Å². The van der Waals surface area contributed by atoms with E-state index in [4.69, 9.17) is 5.11 Å². The monoisotopic (exact) mass is 270 g/mol. The number of halogens is 3. The van der Waals surface area contributed by atoms with Gasteiger partial charge in [0, 0.05) is 11.8 Å². The summed E-state index contributed by atoms with van der Waals surface area (Å²) in [6.07, 6.45) is -3.36. The summed E-state index contributed by atoms with van der Waals surface area (Å²) in [5.41, 5.74) is 0.279. The van der Waals surface area contributed by atoms with Crippen LogP contribution in [0.4, 0.5) is 13.2 Å². The predicted octanol–water partition coefficient (Wildman–Crippen LogP) is 2.81. The molecule has 2 aromatic rings. The fraction of sp³-hybridized carbons (Fsp3) is 0.167. The lowest BCUT2D eigenvalue weighted by Crippen LogP contribution is -2.18. The van der Waals surface area contributed by atoms with Crippen LogP contribution in [-0.4, -0.2) is 27.0 Å². The van der Waals surface area contributed by atoms with E-state index in [1.165, 1.54) is 0 Å². The van der Waals surface area contributed by atoms with Crippen molar-refractivity contribution in [3.8, 4) is 11.1 Å². The van der Waals surface area contributed by atoms with Gasteiger partial charge in [-0.1, -0.05) is 30.3 Å². The van der Waals surface area contributed by atoms with Gasteiger partial charge in [0.2, 0.25) is 0 Å². The second-order valence-corrected chi connectivity index (χ2v) is 3.88. The number of carbonyl (C=O) groups is 1. The van der Waals surface area contributed by atoms with Gasteiger partial charge in [-0.05, 0) is 5.56 Å². The van der Waals surface area contributed by atoms with E-state index in [9.17, 15) is 18.0 Å². The van der Waals surface area contributed by atoms with Crippen molar-refractivity contribution in [3.05, 3.63) is 42.2 Å². The quantitative estimate of drug-likeness (QED) is 0.933. The number of aromatic carboxylic acids is 1. The molecule has 0 fully saturated rings. The van der Waals surface area contributed by atoms with Crippen molar-refractivity contribution in [2.24, 2.45) is 0 Å². The molecule has 0 aliphatic rings. The Hall–Kier alpha value is -2.31. The number of hydrogen-bond donors (Lipinski definition) is 1. The van der Waals surface area contributed by atoms with Gasteiger partial charge in [0.05, 0.1) is 0 Å². The lowest BCUT2D eigenvalue weighted by molar-refractivity contribution is -0.142. The summed E-state index contributed by atoms with van der Waals surface area (Å²) >= 11 is 0. The van der Waals surface area contributed by atoms with Gasteiger partial charge < -0.3 is 5.11 Å². The van der Waals surface area contributed by atoms with Crippen LogP contribution in [-0.2, 0) is 6.54 Å². The van der Waals surface area contributed by atoms with Gasteiger partial charge in [0.1, 0.15) is 6.54 Å². The normalized spacial score (nSPS) is 11.5. The maximum Gasteiger partial charge on any atom is 0.408 e. The van der Waals surface area contributed by atoms with E-state index in [0.29, 0.717) is 10.2 Å². The zero-order valence-corrected chi connectivity index (χ0v) is 9.55. The zero-order chi connectivity index (χ0) is 14.0. The number of carboxylic acids is 1. The van der Waals surface area contributed by atoms with Crippen molar-refractivity contribution in [2.75, 3.05) is 0 Å². The minimum atomic E-state index is -4.45. The first-order chi connectivity index (χ1) is 8.87. The smallest absolute Gasteiger partial charge is 0.408 e. The number of nitrogens with zero attached hydrogens (tertiary/aromatic N) is 2. The number of alkyl halides is 3. The summed E-state index contributed by atoms with van der Waals surface area (Å²) in [5.74, 6) is -1.36. The summed E-state index contributed by atoms with van der Waals surface area (Å²) in [7, 11) is 0. The van der Waals surface area contributed by atoms with Crippen molar-refractivity contribution in [2.45, 2.75) is 12.7 Å². The topological polar surface area (TPSA) is 55.1 Å². The van der Waals surface area contributed by atoms with Gasteiger partial charge in [0.15, 0.2) is 5.69 Å². The molecular weight excluding hydrogens is 261 g/mol. The van der Waals surface area contributed by atoms with Gasteiger partial charge in [-0.15, -0.1) is 0 Å². The van der Waals surface area contributed by atoms with E-state index in [1.54, 1.807) is 30.3 Å². The van der Waals surface area contributed by atoms with Gasteiger partial charge >= 0.3 is 12.1 Å². The Bertz CT molecular complexity index is 591. The second kappa shape index (κ2) is 4.75. The van der Waals surface area contributed by atoms with Crippen LogP contribution in [0.25, 0.3) is 11.1 Å². The Labute approximate surface area is 106 Å². The Balaban J connectivity index is 2.45. The molecule has 4 nitrogen and oxygen atoms in total. The van der Waals surface area contributed by atoms with Crippen molar-refractivity contribution < 1.29 is 23.1 Å². The van der Waals surface area contributed by atoms with Crippen LogP contribution >= 0.6 is 0 Å². The molecule has 0 amide bonds. The second-order valence-electron chi connectivity index (χ2n) is 3.88. The molecule has 100 valence electrons. The van der Waals surface area contributed by atoms with Crippen molar-refractivity contribution in [1.82, 2.24) is 9.78 Å². The minimum Gasteiger partial charge on any atom is -0.476 e. The summed E-state index contributed by atoms with van der Waals surface area (Å²) < 4.78 is 37.4. The number of benzene rings is 1. The van der Waals surface area contributed by atoms with Crippen LogP contribution in [0, 0.1) is 0 Å². The molecule has 1 heterocycles. The van der Waals surface area contributed by atoms with E-state index in [0.717, 1.165) is 6.20 Å². The Kier molecular flexibility index (Phi) is 3.28. The third kappa shape index (κ3) is 3.12. The van der Waals surface area contributed by atoms with E-state index < -0.39 is 24.4 Å². The molecule has 0 atom stereocenters. The van der Waals surface area contributed by atoms with E-state index >= 15 is 0 Å². The standard InChI is InChI=1S/C12H9F3N2O2/c13-12(14,15)7-17-6-9(10(16-17)11(18)19)8-4-2-1-3-5-8/h1-6H,7H2,(H,18,19). The first-order valence-electron chi connectivity index (χ1n) is 5.30. The number of aromatic nitrogens is 2. The lowest BCUT2D eigenvalue weighted by Gasteiger charge is -2.04. The number of hydrogen-bond acceptors (Lipinski definition) is 2. The molecule has 0 radical (unpaired) electrons. The van der Waals surface area contributed by atoms with Crippen molar-refractivity contribution >= 4 is 5.97 Å². The Morgan fingerprint density at radius 1 is 1.26 bits per heavy atom. The maximum absolute atomic E-state index is 12.3. The molecular formula is C12H9F3N2O2. The van der Waals surface area contributed by atoms with Crippen molar-refractivity contribution in [1.29, 1.82) is 0 Å². The molecule has 0 saturated carbocycles. The first-order valence-corrected chi connectivity index (χ1v) is 5.30. The van der Waals surface area contributed by atoms with Gasteiger partial charge in [-0.25, -0.2) is 4.79 Å². The van der Waals surface area contributed by atoms with E-state index in [-0.39, 0.29) is 5.56 Å². The summed E-state index contributed by atoms with van der Waals surface area (Å²) in [6.45, 7) is -1.32. The third-order valence-corrected chi connectivity index (χ3v) is 2.39. The molecule has 1 aromatic carbocycles. The molecule has 19 heavy (non-hydrogen) atoms. The molecule has 0 aliphatic heterocycles. The van der Waals surface area contributed by atoms with Gasteiger partial charge in [-0.2, -0.15) is 18.3 Å². The number of rotatable bonds is 3. The highest BCUT2D eigenvalue weighted by Gasteiger charge is 2.29. The van der Waals surface area contributed by atoms with E-state index in [2.05, 4.69) is 5.10 Å².